The number of hydrogen-bond acceptors (Lipinski definition) is 4. The zero-order chi connectivity index (χ0) is 21.8. The number of rotatable bonds is 6. The zero-order valence-electron chi connectivity index (χ0n) is 17.3. The van der Waals surface area contributed by atoms with E-state index in [4.69, 9.17) is 9.15 Å². The normalized spacial score (nSPS) is 10.6. The van der Waals surface area contributed by atoms with E-state index in [1.165, 1.54) is 0 Å². The first-order chi connectivity index (χ1) is 15.0. The van der Waals surface area contributed by atoms with Crippen LogP contribution in [0.5, 0.6) is 5.75 Å². The highest BCUT2D eigenvalue weighted by atomic mass is 16.5. The van der Waals surface area contributed by atoms with Gasteiger partial charge in [-0.2, -0.15) is 0 Å². The summed E-state index contributed by atoms with van der Waals surface area (Å²) in [6, 6.07) is 21.9. The van der Waals surface area contributed by atoms with Crippen LogP contribution in [0.25, 0.3) is 11.0 Å². The molecule has 0 aliphatic heterocycles. The monoisotopic (exact) mass is 414 g/mol. The Balaban J connectivity index is 1.58. The molecule has 156 valence electrons. The number of nitrogens with one attached hydrogen (secondary N) is 2. The van der Waals surface area contributed by atoms with Crippen LogP contribution in [0.15, 0.2) is 77.2 Å². The van der Waals surface area contributed by atoms with E-state index >= 15 is 0 Å². The number of carbonyl (C=O) groups is 2. The molecule has 2 amide bonds. The van der Waals surface area contributed by atoms with Crippen molar-refractivity contribution < 1.29 is 18.7 Å². The first kappa shape index (κ1) is 20.2. The number of para-hydroxylation sites is 1. The minimum Gasteiger partial charge on any atom is -0.497 e. The Morgan fingerprint density at radius 2 is 1.61 bits per heavy atom. The number of hydrogen-bond donors (Lipinski definition) is 2. The maximum atomic E-state index is 12.9. The quantitative estimate of drug-likeness (QED) is 0.455. The topological polar surface area (TPSA) is 80.6 Å². The van der Waals surface area contributed by atoms with Crippen molar-refractivity contribution in [2.75, 3.05) is 17.7 Å². The molecule has 3 aromatic carbocycles. The molecule has 0 fully saturated rings. The van der Waals surface area contributed by atoms with Crippen LogP contribution in [0.3, 0.4) is 0 Å². The number of anilines is 2. The summed E-state index contributed by atoms with van der Waals surface area (Å²) < 4.78 is 10.9. The summed E-state index contributed by atoms with van der Waals surface area (Å²) in [5.41, 5.74) is 3.45. The van der Waals surface area contributed by atoms with Gasteiger partial charge < -0.3 is 19.8 Å². The lowest BCUT2D eigenvalue weighted by molar-refractivity contribution is -0.115. The van der Waals surface area contributed by atoms with Crippen LogP contribution in [-0.2, 0) is 11.2 Å². The van der Waals surface area contributed by atoms with Gasteiger partial charge in [0.05, 0.1) is 13.5 Å². The molecule has 0 spiro atoms. The molecule has 0 unspecified atom stereocenters. The molecule has 0 saturated carbocycles. The van der Waals surface area contributed by atoms with Crippen LogP contribution in [0.4, 0.5) is 11.4 Å². The minimum atomic E-state index is -0.431. The maximum Gasteiger partial charge on any atom is 0.293 e. The summed E-state index contributed by atoms with van der Waals surface area (Å²) in [7, 11) is 1.59. The molecule has 1 heterocycles. The second kappa shape index (κ2) is 8.75. The second-order valence-corrected chi connectivity index (χ2v) is 7.20. The average Bonchev–Trinajstić information content (AvgIpc) is 3.14. The third-order valence-corrected chi connectivity index (χ3v) is 4.90. The molecule has 6 nitrogen and oxygen atoms in total. The van der Waals surface area contributed by atoms with Gasteiger partial charge in [-0.15, -0.1) is 0 Å². The largest absolute Gasteiger partial charge is 0.497 e. The number of methoxy groups -OCH3 is 1. The number of benzene rings is 3. The van der Waals surface area contributed by atoms with Gasteiger partial charge in [0.1, 0.15) is 17.0 Å². The fourth-order valence-electron chi connectivity index (χ4n) is 3.27. The number of fused-ring (bicyclic) bond motifs is 1. The van der Waals surface area contributed by atoms with Crippen LogP contribution in [-0.4, -0.2) is 18.9 Å². The van der Waals surface area contributed by atoms with E-state index in [2.05, 4.69) is 10.6 Å². The lowest BCUT2D eigenvalue weighted by Gasteiger charge is -2.08. The third kappa shape index (κ3) is 4.59. The van der Waals surface area contributed by atoms with Crippen molar-refractivity contribution in [3.63, 3.8) is 0 Å². The van der Waals surface area contributed by atoms with E-state index < -0.39 is 5.91 Å². The number of furan rings is 1. The standard InChI is InChI=1S/C25H22N2O4/c1-16-7-11-18(12-8-16)26-25(29)24-23(20-5-3-4-6-21(20)31-24)27-22(28)15-17-9-13-19(30-2)14-10-17/h3-14H,15H2,1-2H3,(H,26,29)(H,27,28). The van der Waals surface area contributed by atoms with E-state index in [-0.39, 0.29) is 18.1 Å². The van der Waals surface area contributed by atoms with Gasteiger partial charge in [-0.3, -0.25) is 9.59 Å². The number of aryl methyl sites for hydroxylation is 1. The Morgan fingerprint density at radius 3 is 2.32 bits per heavy atom. The van der Waals surface area contributed by atoms with Crippen molar-refractivity contribution >= 4 is 34.2 Å². The SMILES string of the molecule is COc1ccc(CC(=O)Nc2c(C(=O)Nc3ccc(C)cc3)oc3ccccc23)cc1. The maximum absolute atomic E-state index is 12.9. The molecule has 0 bridgehead atoms. The molecule has 4 rings (SSSR count). The van der Waals surface area contributed by atoms with Gasteiger partial charge in [0.2, 0.25) is 11.7 Å². The molecular formula is C25H22N2O4. The van der Waals surface area contributed by atoms with Crippen LogP contribution in [0.1, 0.15) is 21.7 Å². The first-order valence-electron chi connectivity index (χ1n) is 9.86. The summed E-state index contributed by atoms with van der Waals surface area (Å²) in [6.07, 6.45) is 0.155. The Bertz CT molecular complexity index is 1220. The summed E-state index contributed by atoms with van der Waals surface area (Å²) in [4.78, 5) is 25.7. The van der Waals surface area contributed by atoms with Crippen molar-refractivity contribution in [1.29, 1.82) is 0 Å². The lowest BCUT2D eigenvalue weighted by Crippen LogP contribution is -2.18. The minimum absolute atomic E-state index is 0.0601. The number of ether oxygens (including phenoxy) is 1. The van der Waals surface area contributed by atoms with E-state index in [1.807, 2.05) is 61.5 Å². The predicted octanol–water partition coefficient (Wildman–Crippen LogP) is 5.18. The van der Waals surface area contributed by atoms with E-state index in [1.54, 1.807) is 25.3 Å². The van der Waals surface area contributed by atoms with Gasteiger partial charge >= 0.3 is 0 Å². The van der Waals surface area contributed by atoms with E-state index in [9.17, 15) is 9.59 Å². The summed E-state index contributed by atoms with van der Waals surface area (Å²) in [5, 5.41) is 6.35. The lowest BCUT2D eigenvalue weighted by atomic mass is 10.1. The first-order valence-corrected chi connectivity index (χ1v) is 9.86. The van der Waals surface area contributed by atoms with Crippen LogP contribution in [0.2, 0.25) is 0 Å². The van der Waals surface area contributed by atoms with Gasteiger partial charge in [0, 0.05) is 11.1 Å². The van der Waals surface area contributed by atoms with Gasteiger partial charge in [-0.25, -0.2) is 0 Å². The van der Waals surface area contributed by atoms with Crippen LogP contribution < -0.4 is 15.4 Å². The van der Waals surface area contributed by atoms with Gasteiger partial charge in [0.15, 0.2) is 0 Å². The smallest absolute Gasteiger partial charge is 0.293 e. The highest BCUT2D eigenvalue weighted by Crippen LogP contribution is 2.31. The fraction of sp³-hybridized carbons (Fsp3) is 0.120. The molecule has 0 saturated heterocycles. The van der Waals surface area contributed by atoms with E-state index in [0.29, 0.717) is 22.3 Å². The molecule has 1 aromatic heterocycles. The van der Waals surface area contributed by atoms with Crippen LogP contribution >= 0.6 is 0 Å². The highest BCUT2D eigenvalue weighted by Gasteiger charge is 2.22. The Kier molecular flexibility index (Phi) is 5.71. The zero-order valence-corrected chi connectivity index (χ0v) is 17.3. The molecule has 4 aromatic rings. The summed E-state index contributed by atoms with van der Waals surface area (Å²) in [5.74, 6) is 0.103. The molecular weight excluding hydrogens is 392 g/mol. The second-order valence-electron chi connectivity index (χ2n) is 7.20. The van der Waals surface area contributed by atoms with E-state index in [0.717, 1.165) is 16.9 Å². The number of amides is 2. The molecule has 0 radical (unpaired) electrons. The highest BCUT2D eigenvalue weighted by molar-refractivity contribution is 6.14. The van der Waals surface area contributed by atoms with Gasteiger partial charge in [0.25, 0.3) is 5.91 Å². The predicted molar refractivity (Wildman–Crippen MR) is 121 cm³/mol. The Hall–Kier alpha value is -4.06. The molecule has 0 aliphatic carbocycles. The van der Waals surface area contributed by atoms with Crippen molar-refractivity contribution in [2.24, 2.45) is 0 Å². The van der Waals surface area contributed by atoms with Crippen molar-refractivity contribution in [2.45, 2.75) is 13.3 Å². The van der Waals surface area contributed by atoms with Gasteiger partial charge in [-0.05, 0) is 48.9 Å². The average molecular weight is 414 g/mol. The molecule has 2 N–H and O–H groups in total. The molecule has 0 aliphatic rings. The summed E-state index contributed by atoms with van der Waals surface area (Å²) in [6.45, 7) is 1.97. The molecule has 0 atom stereocenters. The van der Waals surface area contributed by atoms with Gasteiger partial charge in [-0.1, -0.05) is 42.0 Å². The van der Waals surface area contributed by atoms with Crippen LogP contribution in [0, 0.1) is 6.92 Å². The summed E-state index contributed by atoms with van der Waals surface area (Å²) >= 11 is 0. The fourth-order valence-corrected chi connectivity index (χ4v) is 3.27. The molecule has 6 heteroatoms. The molecule has 31 heavy (non-hydrogen) atoms. The Labute approximate surface area is 179 Å². The van der Waals surface area contributed by atoms with Crippen molar-refractivity contribution in [3.8, 4) is 5.75 Å². The van der Waals surface area contributed by atoms with Crippen molar-refractivity contribution in [3.05, 3.63) is 89.7 Å². The third-order valence-electron chi connectivity index (χ3n) is 4.90. The van der Waals surface area contributed by atoms with Crippen molar-refractivity contribution in [1.82, 2.24) is 0 Å². The number of carbonyl (C=O) groups excluding carboxylic acids is 2. The Morgan fingerprint density at radius 1 is 0.903 bits per heavy atom.